The van der Waals surface area contributed by atoms with E-state index in [0.29, 0.717) is 0 Å². The Balaban J connectivity index is 3.72. The van der Waals surface area contributed by atoms with Crippen LogP contribution in [0.3, 0.4) is 0 Å². The molecule has 88 valence electrons. The van der Waals surface area contributed by atoms with Crippen molar-refractivity contribution in [3.63, 3.8) is 0 Å². The first-order chi connectivity index (χ1) is 7.22. The molecule has 1 amide bonds. The van der Waals surface area contributed by atoms with Crippen molar-refractivity contribution in [2.45, 2.75) is 65.2 Å². The minimum atomic E-state index is -0.237. The van der Waals surface area contributed by atoms with Crippen molar-refractivity contribution in [3.05, 3.63) is 11.6 Å². The van der Waals surface area contributed by atoms with Gasteiger partial charge in [0.05, 0.1) is 0 Å². The molecular weight excluding hydrogens is 186 g/mol. The van der Waals surface area contributed by atoms with Crippen LogP contribution < -0.4 is 5.73 Å². The van der Waals surface area contributed by atoms with E-state index in [-0.39, 0.29) is 5.91 Å². The van der Waals surface area contributed by atoms with E-state index in [1.807, 2.05) is 6.08 Å². The number of amides is 1. The van der Waals surface area contributed by atoms with Crippen molar-refractivity contribution in [2.75, 3.05) is 0 Å². The molecule has 0 rings (SSSR count). The maximum atomic E-state index is 11.1. The molecule has 0 aliphatic heterocycles. The molecule has 0 unspecified atom stereocenters. The largest absolute Gasteiger partial charge is 0.366 e. The summed E-state index contributed by atoms with van der Waals surface area (Å²) in [4.78, 5) is 11.1. The SMILES string of the molecule is CCCC=C(CCCCCCC)C(N)=O. The number of primary amides is 1. The zero-order valence-corrected chi connectivity index (χ0v) is 10.2. The van der Waals surface area contributed by atoms with Gasteiger partial charge in [0.2, 0.25) is 5.91 Å². The van der Waals surface area contributed by atoms with E-state index in [2.05, 4.69) is 13.8 Å². The molecule has 0 bridgehead atoms. The van der Waals surface area contributed by atoms with Gasteiger partial charge < -0.3 is 5.73 Å². The van der Waals surface area contributed by atoms with Gasteiger partial charge in [0.1, 0.15) is 0 Å². The number of carbonyl (C=O) groups excluding carboxylic acids is 1. The summed E-state index contributed by atoms with van der Waals surface area (Å²) in [5, 5.41) is 0. The Morgan fingerprint density at radius 3 is 2.27 bits per heavy atom. The summed E-state index contributed by atoms with van der Waals surface area (Å²) in [5.74, 6) is -0.237. The lowest BCUT2D eigenvalue weighted by Crippen LogP contribution is -2.14. The monoisotopic (exact) mass is 211 g/mol. The molecule has 0 spiro atoms. The molecule has 0 saturated carbocycles. The quantitative estimate of drug-likeness (QED) is 0.460. The van der Waals surface area contributed by atoms with Crippen LogP contribution in [0.2, 0.25) is 0 Å². The van der Waals surface area contributed by atoms with Crippen molar-refractivity contribution < 1.29 is 4.79 Å². The van der Waals surface area contributed by atoms with Crippen LogP contribution in [-0.2, 0) is 4.79 Å². The van der Waals surface area contributed by atoms with Gasteiger partial charge in [-0.3, -0.25) is 4.79 Å². The maximum Gasteiger partial charge on any atom is 0.244 e. The highest BCUT2D eigenvalue weighted by Gasteiger charge is 2.03. The molecule has 0 aromatic carbocycles. The van der Waals surface area contributed by atoms with Crippen LogP contribution in [0.15, 0.2) is 11.6 Å². The fourth-order valence-electron chi connectivity index (χ4n) is 1.56. The number of rotatable bonds is 9. The first-order valence-corrected chi connectivity index (χ1v) is 6.21. The highest BCUT2D eigenvalue weighted by molar-refractivity contribution is 5.91. The average Bonchev–Trinajstić information content (AvgIpc) is 2.21. The Morgan fingerprint density at radius 2 is 1.73 bits per heavy atom. The van der Waals surface area contributed by atoms with Crippen LogP contribution in [-0.4, -0.2) is 5.91 Å². The van der Waals surface area contributed by atoms with Gasteiger partial charge in [-0.15, -0.1) is 0 Å². The van der Waals surface area contributed by atoms with Crippen molar-refractivity contribution >= 4 is 5.91 Å². The summed E-state index contributed by atoms with van der Waals surface area (Å²) in [6, 6.07) is 0. The molecule has 0 aromatic heterocycles. The van der Waals surface area contributed by atoms with Gasteiger partial charge >= 0.3 is 0 Å². The standard InChI is InChI=1S/C13H25NO/c1-3-5-7-8-9-11-12(13(14)15)10-6-4-2/h10H,3-9,11H2,1-2H3,(H2,14,15). The Labute approximate surface area is 93.9 Å². The topological polar surface area (TPSA) is 43.1 Å². The number of hydrogen-bond acceptors (Lipinski definition) is 1. The Morgan fingerprint density at radius 1 is 1.07 bits per heavy atom. The molecule has 0 fully saturated rings. The van der Waals surface area contributed by atoms with E-state index in [1.54, 1.807) is 0 Å². The molecule has 0 heterocycles. The third-order valence-corrected chi connectivity index (χ3v) is 2.55. The molecule has 0 aliphatic carbocycles. The molecule has 0 aliphatic rings. The molecule has 0 saturated heterocycles. The van der Waals surface area contributed by atoms with Crippen LogP contribution in [0, 0.1) is 0 Å². The van der Waals surface area contributed by atoms with Crippen molar-refractivity contribution in [3.8, 4) is 0 Å². The first kappa shape index (κ1) is 14.2. The van der Waals surface area contributed by atoms with Gasteiger partial charge in [-0.1, -0.05) is 52.0 Å². The Bertz CT molecular complexity index is 197. The van der Waals surface area contributed by atoms with Crippen molar-refractivity contribution in [2.24, 2.45) is 5.73 Å². The number of nitrogens with two attached hydrogens (primary N) is 1. The predicted molar refractivity (Wildman–Crippen MR) is 65.6 cm³/mol. The minimum absolute atomic E-state index is 0.237. The van der Waals surface area contributed by atoms with Gasteiger partial charge in [0.15, 0.2) is 0 Å². The number of hydrogen-bond donors (Lipinski definition) is 1. The zero-order valence-electron chi connectivity index (χ0n) is 10.2. The van der Waals surface area contributed by atoms with E-state index < -0.39 is 0 Å². The summed E-state index contributed by atoms with van der Waals surface area (Å²) in [7, 11) is 0. The molecule has 2 heteroatoms. The second-order valence-electron chi connectivity index (χ2n) is 4.05. The highest BCUT2D eigenvalue weighted by atomic mass is 16.1. The van der Waals surface area contributed by atoms with Crippen molar-refractivity contribution in [1.29, 1.82) is 0 Å². The van der Waals surface area contributed by atoms with Gasteiger partial charge in [0.25, 0.3) is 0 Å². The Hall–Kier alpha value is -0.790. The van der Waals surface area contributed by atoms with Crippen molar-refractivity contribution in [1.82, 2.24) is 0 Å². The highest BCUT2D eigenvalue weighted by Crippen LogP contribution is 2.11. The summed E-state index contributed by atoms with van der Waals surface area (Å²) < 4.78 is 0. The summed E-state index contributed by atoms with van der Waals surface area (Å²) in [6.07, 6.45) is 11.0. The minimum Gasteiger partial charge on any atom is -0.366 e. The lowest BCUT2D eigenvalue weighted by Gasteiger charge is -2.03. The maximum absolute atomic E-state index is 11.1. The predicted octanol–water partition coefficient (Wildman–Crippen LogP) is 3.56. The third kappa shape index (κ3) is 8.22. The second kappa shape index (κ2) is 9.75. The summed E-state index contributed by atoms with van der Waals surface area (Å²) in [5.41, 5.74) is 6.14. The molecular formula is C13H25NO. The normalized spacial score (nSPS) is 11.7. The molecule has 15 heavy (non-hydrogen) atoms. The van der Waals surface area contributed by atoms with E-state index in [9.17, 15) is 4.79 Å². The van der Waals surface area contributed by atoms with Crippen LogP contribution in [0.4, 0.5) is 0 Å². The van der Waals surface area contributed by atoms with E-state index in [0.717, 1.165) is 31.3 Å². The van der Waals surface area contributed by atoms with Gasteiger partial charge in [-0.05, 0) is 19.3 Å². The molecule has 0 radical (unpaired) electrons. The van der Waals surface area contributed by atoms with E-state index in [1.165, 1.54) is 25.7 Å². The molecule has 0 atom stereocenters. The fourth-order valence-corrected chi connectivity index (χ4v) is 1.56. The van der Waals surface area contributed by atoms with Crippen LogP contribution in [0.1, 0.15) is 65.2 Å². The molecule has 0 aromatic rings. The summed E-state index contributed by atoms with van der Waals surface area (Å²) >= 11 is 0. The fraction of sp³-hybridized carbons (Fsp3) is 0.769. The molecule has 2 nitrogen and oxygen atoms in total. The second-order valence-corrected chi connectivity index (χ2v) is 4.05. The van der Waals surface area contributed by atoms with Crippen LogP contribution in [0.5, 0.6) is 0 Å². The van der Waals surface area contributed by atoms with E-state index in [4.69, 9.17) is 5.73 Å². The third-order valence-electron chi connectivity index (χ3n) is 2.55. The molecule has 2 N–H and O–H groups in total. The lowest BCUT2D eigenvalue weighted by atomic mass is 10.0. The van der Waals surface area contributed by atoms with Gasteiger partial charge in [0, 0.05) is 5.57 Å². The average molecular weight is 211 g/mol. The first-order valence-electron chi connectivity index (χ1n) is 6.21. The number of allylic oxidation sites excluding steroid dienone is 1. The number of carbonyl (C=O) groups is 1. The number of unbranched alkanes of at least 4 members (excludes halogenated alkanes) is 5. The van der Waals surface area contributed by atoms with Gasteiger partial charge in [-0.25, -0.2) is 0 Å². The zero-order chi connectivity index (χ0) is 11.5. The lowest BCUT2D eigenvalue weighted by molar-refractivity contribution is -0.114. The van der Waals surface area contributed by atoms with Crippen LogP contribution in [0.25, 0.3) is 0 Å². The smallest absolute Gasteiger partial charge is 0.244 e. The van der Waals surface area contributed by atoms with Crippen LogP contribution >= 0.6 is 0 Å². The van der Waals surface area contributed by atoms with E-state index >= 15 is 0 Å². The summed E-state index contributed by atoms with van der Waals surface area (Å²) in [6.45, 7) is 4.31. The Kier molecular flexibility index (Phi) is 9.24. The van der Waals surface area contributed by atoms with Gasteiger partial charge in [-0.2, -0.15) is 0 Å².